The fourth-order valence-electron chi connectivity index (χ4n) is 1.33. The fourth-order valence-corrected chi connectivity index (χ4v) is 3.94. The van der Waals surface area contributed by atoms with Gasteiger partial charge in [0.1, 0.15) is 5.15 Å². The van der Waals surface area contributed by atoms with Crippen LogP contribution in [0.5, 0.6) is 0 Å². The molecule has 2 rings (SSSR count). The van der Waals surface area contributed by atoms with Gasteiger partial charge in [0, 0.05) is 15.1 Å². The second kappa shape index (κ2) is 5.78. The number of nitrogens with one attached hydrogen (secondary N) is 1. The van der Waals surface area contributed by atoms with Crippen molar-refractivity contribution in [3.8, 4) is 0 Å². The van der Waals surface area contributed by atoms with Gasteiger partial charge in [-0.2, -0.15) is 0 Å². The molecule has 1 heterocycles. The number of benzene rings is 1. The summed E-state index contributed by atoms with van der Waals surface area (Å²) in [7, 11) is -3.69. The Labute approximate surface area is 132 Å². The van der Waals surface area contributed by atoms with E-state index in [1.807, 2.05) is 0 Å². The predicted octanol–water partition coefficient (Wildman–Crippen LogP) is 4.06. The summed E-state index contributed by atoms with van der Waals surface area (Å²) in [6.45, 7) is 0. The molecular formula is C11H7Br2ClN2O2S. The summed E-state index contributed by atoms with van der Waals surface area (Å²) >= 11 is 12.3. The first-order valence-corrected chi connectivity index (χ1v) is 8.42. The molecule has 0 radical (unpaired) electrons. The Balaban J connectivity index is 2.36. The topological polar surface area (TPSA) is 59.1 Å². The average molecular weight is 427 g/mol. The zero-order chi connectivity index (χ0) is 14.0. The molecule has 4 nitrogen and oxygen atoms in total. The lowest BCUT2D eigenvalue weighted by Crippen LogP contribution is -2.13. The first kappa shape index (κ1) is 14.8. The van der Waals surface area contributed by atoms with Gasteiger partial charge in [-0.1, -0.05) is 27.5 Å². The van der Waals surface area contributed by atoms with Crippen molar-refractivity contribution in [3.05, 3.63) is 50.6 Å². The van der Waals surface area contributed by atoms with Crippen molar-refractivity contribution in [2.75, 3.05) is 4.72 Å². The van der Waals surface area contributed by atoms with Crippen molar-refractivity contribution in [2.45, 2.75) is 4.90 Å². The van der Waals surface area contributed by atoms with E-state index >= 15 is 0 Å². The molecular weight excluding hydrogens is 419 g/mol. The maximum Gasteiger partial charge on any atom is 0.262 e. The SMILES string of the molecule is O=S(=O)(Nc1ccc(Br)cc1Br)c1ccnc(Cl)c1. The van der Waals surface area contributed by atoms with E-state index in [0.29, 0.717) is 10.2 Å². The first-order chi connectivity index (χ1) is 8.88. The molecule has 8 heteroatoms. The maximum atomic E-state index is 12.2. The lowest BCUT2D eigenvalue weighted by atomic mass is 10.3. The Morgan fingerprint density at radius 3 is 2.53 bits per heavy atom. The van der Waals surface area contributed by atoms with Crippen molar-refractivity contribution in [2.24, 2.45) is 0 Å². The van der Waals surface area contributed by atoms with E-state index in [1.54, 1.807) is 18.2 Å². The third-order valence-electron chi connectivity index (χ3n) is 2.18. The third kappa shape index (κ3) is 3.68. The van der Waals surface area contributed by atoms with Crippen LogP contribution in [0.25, 0.3) is 0 Å². The summed E-state index contributed by atoms with van der Waals surface area (Å²) in [5.41, 5.74) is 0.441. The molecule has 0 aliphatic heterocycles. The van der Waals surface area contributed by atoms with Crippen molar-refractivity contribution in [1.82, 2.24) is 4.98 Å². The van der Waals surface area contributed by atoms with Gasteiger partial charge in [-0.25, -0.2) is 13.4 Å². The summed E-state index contributed by atoms with van der Waals surface area (Å²) in [6, 6.07) is 7.80. The molecule has 0 fully saturated rings. The van der Waals surface area contributed by atoms with Gasteiger partial charge < -0.3 is 0 Å². The van der Waals surface area contributed by atoms with Crippen LogP contribution in [-0.4, -0.2) is 13.4 Å². The largest absolute Gasteiger partial charge is 0.278 e. The lowest BCUT2D eigenvalue weighted by Gasteiger charge is -2.10. The van der Waals surface area contributed by atoms with Crippen molar-refractivity contribution < 1.29 is 8.42 Å². The highest BCUT2D eigenvalue weighted by Crippen LogP contribution is 2.28. The van der Waals surface area contributed by atoms with Crippen LogP contribution in [0.15, 0.2) is 50.4 Å². The molecule has 0 amide bonds. The normalized spacial score (nSPS) is 11.3. The molecule has 0 bridgehead atoms. The summed E-state index contributed by atoms with van der Waals surface area (Å²) in [5, 5.41) is 0.123. The van der Waals surface area contributed by atoms with Crippen LogP contribution in [0.1, 0.15) is 0 Å². The van der Waals surface area contributed by atoms with Gasteiger partial charge in [-0.15, -0.1) is 0 Å². The molecule has 2 aromatic rings. The van der Waals surface area contributed by atoms with E-state index in [-0.39, 0.29) is 10.0 Å². The van der Waals surface area contributed by atoms with Gasteiger partial charge in [0.2, 0.25) is 0 Å². The number of aromatic nitrogens is 1. The quantitative estimate of drug-likeness (QED) is 0.753. The van der Waals surface area contributed by atoms with Gasteiger partial charge in [-0.05, 0) is 46.3 Å². The summed E-state index contributed by atoms with van der Waals surface area (Å²) in [5.74, 6) is 0. The number of halogens is 3. The molecule has 0 unspecified atom stereocenters. The van der Waals surface area contributed by atoms with Crippen molar-refractivity contribution >= 4 is 59.2 Å². The standard InChI is InChI=1S/C11H7Br2ClN2O2S/c12-7-1-2-10(9(13)5-7)16-19(17,18)8-3-4-15-11(14)6-8/h1-6,16H. The Morgan fingerprint density at radius 1 is 1.16 bits per heavy atom. The Kier molecular flexibility index (Phi) is 4.50. The molecule has 1 N–H and O–H groups in total. The molecule has 0 saturated carbocycles. The number of nitrogens with zero attached hydrogens (tertiary/aromatic N) is 1. The highest BCUT2D eigenvalue weighted by atomic mass is 79.9. The fraction of sp³-hybridized carbons (Fsp3) is 0. The third-order valence-corrected chi connectivity index (χ3v) is 4.90. The van der Waals surface area contributed by atoms with Crippen LogP contribution in [0, 0.1) is 0 Å². The van der Waals surface area contributed by atoms with Crippen LogP contribution < -0.4 is 4.72 Å². The number of rotatable bonds is 3. The van der Waals surface area contributed by atoms with Gasteiger partial charge >= 0.3 is 0 Å². The number of anilines is 1. The Hall–Kier alpha value is -0.630. The predicted molar refractivity (Wildman–Crippen MR) is 81.9 cm³/mol. The van der Waals surface area contributed by atoms with Crippen molar-refractivity contribution in [1.29, 1.82) is 0 Å². The minimum Gasteiger partial charge on any atom is -0.278 e. The molecule has 0 saturated heterocycles. The smallest absolute Gasteiger partial charge is 0.262 e. The minimum atomic E-state index is -3.69. The van der Waals surface area contributed by atoms with E-state index < -0.39 is 10.0 Å². The van der Waals surface area contributed by atoms with Gasteiger partial charge in [0.05, 0.1) is 10.6 Å². The molecule has 0 aliphatic rings. The molecule has 0 spiro atoms. The number of hydrogen-bond acceptors (Lipinski definition) is 3. The van der Waals surface area contributed by atoms with Gasteiger partial charge in [0.25, 0.3) is 10.0 Å². The highest BCUT2D eigenvalue weighted by molar-refractivity contribution is 9.11. The van der Waals surface area contributed by atoms with Crippen LogP contribution in [0.4, 0.5) is 5.69 Å². The molecule has 100 valence electrons. The Bertz CT molecular complexity index is 722. The van der Waals surface area contributed by atoms with E-state index in [9.17, 15) is 8.42 Å². The van der Waals surface area contributed by atoms with E-state index in [2.05, 4.69) is 41.6 Å². The molecule has 19 heavy (non-hydrogen) atoms. The van der Waals surface area contributed by atoms with Gasteiger partial charge in [-0.3, -0.25) is 4.72 Å². The summed E-state index contributed by atoms with van der Waals surface area (Å²) in [6.07, 6.45) is 1.34. The zero-order valence-corrected chi connectivity index (χ0v) is 14.0. The number of sulfonamides is 1. The van der Waals surface area contributed by atoms with Crippen LogP contribution >= 0.6 is 43.5 Å². The molecule has 1 aromatic carbocycles. The van der Waals surface area contributed by atoms with Crippen molar-refractivity contribution in [3.63, 3.8) is 0 Å². The Morgan fingerprint density at radius 2 is 1.89 bits per heavy atom. The van der Waals surface area contributed by atoms with Gasteiger partial charge in [0.15, 0.2) is 0 Å². The highest BCUT2D eigenvalue weighted by Gasteiger charge is 2.16. The second-order valence-electron chi connectivity index (χ2n) is 3.54. The first-order valence-electron chi connectivity index (χ1n) is 4.98. The second-order valence-corrected chi connectivity index (χ2v) is 7.38. The number of pyridine rings is 1. The molecule has 0 aliphatic carbocycles. The number of hydrogen-bond donors (Lipinski definition) is 1. The lowest BCUT2D eigenvalue weighted by molar-refractivity contribution is 0.601. The average Bonchev–Trinajstić information content (AvgIpc) is 2.33. The van der Waals surface area contributed by atoms with E-state index in [1.165, 1.54) is 18.3 Å². The minimum absolute atomic E-state index is 0.0577. The monoisotopic (exact) mass is 424 g/mol. The summed E-state index contributed by atoms with van der Waals surface area (Å²) < 4.78 is 28.3. The van der Waals surface area contributed by atoms with E-state index in [0.717, 1.165) is 4.47 Å². The molecule has 0 atom stereocenters. The van der Waals surface area contributed by atoms with E-state index in [4.69, 9.17) is 11.6 Å². The van der Waals surface area contributed by atoms with Crippen LogP contribution in [0.2, 0.25) is 5.15 Å². The zero-order valence-electron chi connectivity index (χ0n) is 9.27. The maximum absolute atomic E-state index is 12.2. The molecule has 1 aromatic heterocycles. The summed E-state index contributed by atoms with van der Waals surface area (Å²) in [4.78, 5) is 3.80. The van der Waals surface area contributed by atoms with Crippen LogP contribution in [0.3, 0.4) is 0 Å². The van der Waals surface area contributed by atoms with Crippen LogP contribution in [-0.2, 0) is 10.0 Å².